The number of carbonyl (C=O) groups excluding carboxylic acids is 1. The van der Waals surface area contributed by atoms with Gasteiger partial charge in [0.2, 0.25) is 5.91 Å². The summed E-state index contributed by atoms with van der Waals surface area (Å²) in [6.07, 6.45) is 0.538. The van der Waals surface area contributed by atoms with E-state index in [1.54, 1.807) is 12.1 Å². The quantitative estimate of drug-likeness (QED) is 0.610. The number of nitrogens with one attached hydrogen (secondary N) is 1. The van der Waals surface area contributed by atoms with Crippen LogP contribution in [0.1, 0.15) is 5.56 Å². The standard InChI is InChI=1S/C8H7NO.C6H5N3O/c10-8-5-6-3-1-2-4-7(6)9-8;10-9-6-4-2-1-3-5(6)7-8-9/h1-4H,5H2,(H,9,10);1-4,10H. The lowest BCUT2D eigenvalue weighted by atomic mass is 10.2. The van der Waals surface area contributed by atoms with Crippen molar-refractivity contribution in [3.63, 3.8) is 0 Å². The number of hydrogen-bond donors (Lipinski definition) is 2. The maximum Gasteiger partial charge on any atom is 0.228 e. The van der Waals surface area contributed by atoms with Crippen LogP contribution >= 0.6 is 0 Å². The number of hydrogen-bond acceptors (Lipinski definition) is 4. The molecule has 2 heterocycles. The van der Waals surface area contributed by atoms with Gasteiger partial charge >= 0.3 is 0 Å². The van der Waals surface area contributed by atoms with Crippen molar-refractivity contribution in [2.45, 2.75) is 6.42 Å². The Kier molecular flexibility index (Phi) is 3.04. The second-order valence-electron chi connectivity index (χ2n) is 4.35. The van der Waals surface area contributed by atoms with Crippen LogP contribution in [-0.2, 0) is 11.2 Å². The molecule has 1 aromatic heterocycles. The van der Waals surface area contributed by atoms with Crippen LogP contribution in [0.4, 0.5) is 5.69 Å². The maximum absolute atomic E-state index is 10.8. The normalized spacial score (nSPS) is 12.5. The lowest BCUT2D eigenvalue weighted by Crippen LogP contribution is -2.03. The highest BCUT2D eigenvalue weighted by Crippen LogP contribution is 2.20. The molecule has 2 aromatic carbocycles. The van der Waals surface area contributed by atoms with Gasteiger partial charge in [-0.3, -0.25) is 4.79 Å². The van der Waals surface area contributed by atoms with Gasteiger partial charge in [0.05, 0.1) is 6.42 Å². The highest BCUT2D eigenvalue weighted by atomic mass is 16.5. The summed E-state index contributed by atoms with van der Waals surface area (Å²) in [7, 11) is 0. The first-order valence-electron chi connectivity index (χ1n) is 6.11. The molecule has 0 saturated heterocycles. The number of anilines is 1. The van der Waals surface area contributed by atoms with Crippen LogP contribution in [0.25, 0.3) is 11.0 Å². The minimum Gasteiger partial charge on any atom is -0.410 e. The van der Waals surface area contributed by atoms with E-state index in [0.717, 1.165) is 16.1 Å². The molecule has 20 heavy (non-hydrogen) atoms. The second-order valence-corrected chi connectivity index (χ2v) is 4.35. The molecule has 0 bridgehead atoms. The minimum absolute atomic E-state index is 0.0983. The Labute approximate surface area is 114 Å². The SMILES string of the molecule is O=C1Cc2ccccc2N1.On1nnc2ccccc21. The first-order chi connectivity index (χ1) is 9.74. The van der Waals surface area contributed by atoms with E-state index in [1.807, 2.05) is 36.4 Å². The molecule has 1 aliphatic heterocycles. The van der Waals surface area contributed by atoms with Crippen molar-refractivity contribution >= 4 is 22.6 Å². The molecular formula is C14H12N4O2. The van der Waals surface area contributed by atoms with Gasteiger partial charge in [0.25, 0.3) is 0 Å². The van der Waals surface area contributed by atoms with Gasteiger partial charge in [-0.2, -0.15) is 0 Å². The zero-order valence-electron chi connectivity index (χ0n) is 10.5. The number of rotatable bonds is 0. The van der Waals surface area contributed by atoms with E-state index >= 15 is 0 Å². The molecular weight excluding hydrogens is 256 g/mol. The number of aromatic nitrogens is 3. The number of para-hydroxylation sites is 2. The van der Waals surface area contributed by atoms with Crippen LogP contribution < -0.4 is 5.32 Å². The molecule has 0 fully saturated rings. The largest absolute Gasteiger partial charge is 0.410 e. The average molecular weight is 268 g/mol. The van der Waals surface area contributed by atoms with Gasteiger partial charge in [-0.05, 0) is 29.0 Å². The van der Waals surface area contributed by atoms with Gasteiger partial charge < -0.3 is 10.5 Å². The van der Waals surface area contributed by atoms with Crippen LogP contribution in [0.2, 0.25) is 0 Å². The fourth-order valence-corrected chi connectivity index (χ4v) is 2.02. The van der Waals surface area contributed by atoms with Crippen LogP contribution in [0.5, 0.6) is 0 Å². The van der Waals surface area contributed by atoms with E-state index in [1.165, 1.54) is 0 Å². The first kappa shape index (κ1) is 12.2. The molecule has 1 aliphatic rings. The Morgan fingerprint density at radius 1 is 1.10 bits per heavy atom. The van der Waals surface area contributed by atoms with Crippen LogP contribution in [0, 0.1) is 0 Å². The lowest BCUT2D eigenvalue weighted by Gasteiger charge is -1.93. The molecule has 1 amide bonds. The third kappa shape index (κ3) is 2.31. The van der Waals surface area contributed by atoms with Crippen LogP contribution in [-0.4, -0.2) is 26.3 Å². The fraction of sp³-hybridized carbons (Fsp3) is 0.0714. The topological polar surface area (TPSA) is 80.0 Å². The third-order valence-electron chi connectivity index (χ3n) is 2.98. The second kappa shape index (κ2) is 5.00. The van der Waals surface area contributed by atoms with Gasteiger partial charge in [0.15, 0.2) is 0 Å². The van der Waals surface area contributed by atoms with Gasteiger partial charge in [-0.1, -0.05) is 35.2 Å². The van der Waals surface area contributed by atoms with E-state index in [4.69, 9.17) is 5.21 Å². The van der Waals surface area contributed by atoms with Crippen molar-refractivity contribution in [3.8, 4) is 0 Å². The summed E-state index contributed by atoms with van der Waals surface area (Å²) < 4.78 is 0. The van der Waals surface area contributed by atoms with E-state index in [0.29, 0.717) is 17.5 Å². The molecule has 0 radical (unpaired) electrons. The number of carbonyl (C=O) groups is 1. The van der Waals surface area contributed by atoms with Crippen molar-refractivity contribution < 1.29 is 10.0 Å². The molecule has 6 nitrogen and oxygen atoms in total. The predicted molar refractivity (Wildman–Crippen MR) is 73.5 cm³/mol. The number of benzene rings is 2. The molecule has 4 rings (SSSR count). The summed E-state index contributed by atoms with van der Waals surface area (Å²) in [5.41, 5.74) is 3.40. The Morgan fingerprint density at radius 3 is 2.65 bits per heavy atom. The molecule has 100 valence electrons. The highest BCUT2D eigenvalue weighted by molar-refractivity contribution is 5.98. The Morgan fingerprint density at radius 2 is 1.85 bits per heavy atom. The molecule has 0 unspecified atom stereocenters. The molecule has 6 heteroatoms. The fourth-order valence-electron chi connectivity index (χ4n) is 2.02. The van der Waals surface area contributed by atoms with Gasteiger partial charge in [-0.15, -0.1) is 5.10 Å². The smallest absolute Gasteiger partial charge is 0.228 e. The van der Waals surface area contributed by atoms with Gasteiger partial charge in [0, 0.05) is 5.69 Å². The molecule has 3 aromatic rings. The van der Waals surface area contributed by atoms with Gasteiger partial charge in [0.1, 0.15) is 11.0 Å². The van der Waals surface area contributed by atoms with Crippen LogP contribution in [0.3, 0.4) is 0 Å². The van der Waals surface area contributed by atoms with Crippen molar-refractivity contribution in [2.75, 3.05) is 5.32 Å². The zero-order chi connectivity index (χ0) is 13.9. The minimum atomic E-state index is 0.0983. The van der Waals surface area contributed by atoms with E-state index in [9.17, 15) is 4.79 Å². The van der Waals surface area contributed by atoms with Crippen molar-refractivity contribution in [1.82, 2.24) is 15.2 Å². The highest BCUT2D eigenvalue weighted by Gasteiger charge is 2.15. The zero-order valence-corrected chi connectivity index (χ0v) is 10.5. The van der Waals surface area contributed by atoms with Crippen molar-refractivity contribution in [1.29, 1.82) is 0 Å². The summed E-state index contributed by atoms with van der Waals surface area (Å²) in [5, 5.41) is 18.8. The van der Waals surface area contributed by atoms with Gasteiger partial charge in [-0.25, -0.2) is 0 Å². The Bertz CT molecular complexity index is 739. The summed E-state index contributed by atoms with van der Waals surface area (Å²) in [5.74, 6) is 0.0983. The molecule has 0 atom stereocenters. The molecule has 0 saturated carbocycles. The van der Waals surface area contributed by atoms with Crippen molar-refractivity contribution in [2.24, 2.45) is 0 Å². The number of nitrogens with zero attached hydrogens (tertiary/aromatic N) is 3. The number of fused-ring (bicyclic) bond motifs is 2. The van der Waals surface area contributed by atoms with Crippen molar-refractivity contribution in [3.05, 3.63) is 54.1 Å². The summed E-state index contributed by atoms with van der Waals surface area (Å²) in [6, 6.07) is 14.9. The Hall–Kier alpha value is -2.89. The maximum atomic E-state index is 10.8. The van der Waals surface area contributed by atoms with E-state index in [-0.39, 0.29) is 5.91 Å². The number of amides is 1. The molecule has 2 N–H and O–H groups in total. The third-order valence-corrected chi connectivity index (χ3v) is 2.98. The summed E-state index contributed by atoms with van der Waals surface area (Å²) in [4.78, 5) is 11.5. The predicted octanol–water partition coefficient (Wildman–Crippen LogP) is 1.85. The van der Waals surface area contributed by atoms with E-state index in [2.05, 4.69) is 15.6 Å². The average Bonchev–Trinajstić information content (AvgIpc) is 3.02. The Balaban J connectivity index is 0.000000121. The summed E-state index contributed by atoms with van der Waals surface area (Å²) in [6.45, 7) is 0. The first-order valence-corrected chi connectivity index (χ1v) is 6.11. The summed E-state index contributed by atoms with van der Waals surface area (Å²) >= 11 is 0. The monoisotopic (exact) mass is 268 g/mol. The molecule has 0 spiro atoms. The molecule has 0 aliphatic carbocycles. The lowest BCUT2D eigenvalue weighted by molar-refractivity contribution is -0.115. The van der Waals surface area contributed by atoms with E-state index < -0.39 is 0 Å². The van der Waals surface area contributed by atoms with Crippen LogP contribution in [0.15, 0.2) is 48.5 Å².